The van der Waals surface area contributed by atoms with Crippen LogP contribution in [0, 0.1) is 0 Å². The van der Waals surface area contributed by atoms with E-state index in [1.807, 2.05) is 0 Å². The van der Waals surface area contributed by atoms with E-state index in [-0.39, 0.29) is 21.3 Å². The molecule has 0 aliphatic heterocycles. The highest BCUT2D eigenvalue weighted by atomic mass is 31.2. The number of hydrogen-bond acceptors (Lipinski definition) is 4. The summed E-state index contributed by atoms with van der Waals surface area (Å²) in [6.45, 7) is 0. The molecule has 0 aromatic rings. The van der Waals surface area contributed by atoms with Gasteiger partial charge in [-0.3, -0.25) is 0 Å². The molecule has 0 atom stereocenters. The maximum Gasteiger partial charge on any atom is 1.00 e. The van der Waals surface area contributed by atoms with E-state index in [0.717, 1.165) is 0 Å². The molecule has 12 N–H and O–H groups in total. The van der Waals surface area contributed by atoms with Crippen LogP contribution in [-0.4, -0.2) is 14.7 Å². The highest BCUT2D eigenvalue weighted by Gasteiger charge is 2.00. The van der Waals surface area contributed by atoms with Crippen molar-refractivity contribution in [2.24, 2.45) is 0 Å². The lowest BCUT2D eigenvalue weighted by Gasteiger charge is -1.82. The Hall–Kier alpha value is -0.0100. The van der Waals surface area contributed by atoms with Gasteiger partial charge in [0.2, 0.25) is 0 Å². The lowest BCUT2D eigenvalue weighted by molar-refractivity contribution is 0.275. The highest BCUT2D eigenvalue weighted by Crippen LogP contribution is 2.25. The van der Waals surface area contributed by atoms with Gasteiger partial charge in [-0.25, -0.2) is 4.57 Å². The quantitative estimate of drug-likeness (QED) is 0.258. The molecule has 0 rings (SSSR count). The molecule has 0 aliphatic rings. The Kier molecular flexibility index (Phi) is 21.4. The molecule has 56 valence electrons. The molecular formula is H14N3O4P+2. The van der Waals surface area contributed by atoms with Gasteiger partial charge in [0.05, 0.1) is 0 Å². The third kappa shape index (κ3) is 1490000. The van der Waals surface area contributed by atoms with Crippen molar-refractivity contribution in [3.05, 3.63) is 0 Å². The Balaban J connectivity index is -0.00000000800. The molecule has 0 unspecified atom stereocenters. The van der Waals surface area contributed by atoms with Crippen molar-refractivity contribution < 1.29 is 22.1 Å². The van der Waals surface area contributed by atoms with Crippen molar-refractivity contribution in [1.82, 2.24) is 18.5 Å². The monoisotopic (exact) mass is 151 g/mol. The van der Waals surface area contributed by atoms with Gasteiger partial charge in [-0.1, -0.05) is 0 Å². The SMILES string of the molecule is N.N.N.O=P(O)(O)O.[H+].[H+]. The second-order valence-electron chi connectivity index (χ2n) is 0.513. The lowest BCUT2D eigenvalue weighted by Crippen LogP contribution is -1.66. The summed E-state index contributed by atoms with van der Waals surface area (Å²) >= 11 is 0. The first kappa shape index (κ1) is 24.5. The van der Waals surface area contributed by atoms with Crippen molar-refractivity contribution in [1.29, 1.82) is 0 Å². The Morgan fingerprint density at radius 3 is 1.00 bits per heavy atom. The summed E-state index contributed by atoms with van der Waals surface area (Å²) in [5, 5.41) is 0. The average Bonchev–Trinajstić information content (AvgIpc) is 0.722. The molecule has 8 heavy (non-hydrogen) atoms. The maximum absolute atomic E-state index is 8.88. The van der Waals surface area contributed by atoms with Gasteiger partial charge in [-0.05, 0) is 0 Å². The fourth-order valence-corrected chi connectivity index (χ4v) is 0. The van der Waals surface area contributed by atoms with E-state index in [0.29, 0.717) is 0 Å². The van der Waals surface area contributed by atoms with Gasteiger partial charge in [0, 0.05) is 0 Å². The van der Waals surface area contributed by atoms with Gasteiger partial charge >= 0.3 is 10.7 Å². The Labute approximate surface area is 49.7 Å². The Bertz CT molecular complexity index is 64.6. The van der Waals surface area contributed by atoms with E-state index in [1.54, 1.807) is 0 Å². The molecule has 0 saturated carbocycles. The third-order valence-electron chi connectivity index (χ3n) is 0. The summed E-state index contributed by atoms with van der Waals surface area (Å²) in [5.74, 6) is 0. The first-order chi connectivity index (χ1) is 2.00. The second-order valence-corrected chi connectivity index (χ2v) is 1.54. The summed E-state index contributed by atoms with van der Waals surface area (Å²) in [6, 6.07) is 0. The van der Waals surface area contributed by atoms with Crippen LogP contribution < -0.4 is 18.5 Å². The second kappa shape index (κ2) is 6.99. The molecule has 0 fully saturated rings. The Morgan fingerprint density at radius 1 is 1.00 bits per heavy atom. The lowest BCUT2D eigenvalue weighted by atomic mass is 14.0. The minimum absolute atomic E-state index is 0. The van der Waals surface area contributed by atoms with Crippen LogP contribution in [0.5, 0.6) is 0 Å². The molecule has 0 bridgehead atoms. The van der Waals surface area contributed by atoms with Crippen LogP contribution in [-0.2, 0) is 4.57 Å². The normalized spacial score (nSPS) is 7.38. The molecular weight excluding hydrogens is 137 g/mol. The van der Waals surface area contributed by atoms with E-state index in [9.17, 15) is 0 Å². The fourth-order valence-electron chi connectivity index (χ4n) is 0. The maximum atomic E-state index is 8.88. The standard InChI is InChI=1S/3H3N.H3O4P/c;;;1-5(2,3)4/h3*1H3;(H3,1,2,3,4)/p+2. The van der Waals surface area contributed by atoms with Gasteiger partial charge in [-0.15, -0.1) is 0 Å². The van der Waals surface area contributed by atoms with Crippen LogP contribution in [0.4, 0.5) is 0 Å². The van der Waals surface area contributed by atoms with E-state index >= 15 is 0 Å². The average molecular weight is 151 g/mol. The van der Waals surface area contributed by atoms with E-state index < -0.39 is 7.82 Å². The van der Waals surface area contributed by atoms with Gasteiger partial charge < -0.3 is 33.1 Å². The van der Waals surface area contributed by atoms with Gasteiger partial charge in [-0.2, -0.15) is 0 Å². The zero-order chi connectivity index (χ0) is 4.50. The Morgan fingerprint density at radius 2 is 1.00 bits per heavy atom. The number of hydrogen-bond donors (Lipinski definition) is 6. The molecule has 7 nitrogen and oxygen atoms in total. The number of phosphoric acid groups is 1. The summed E-state index contributed by atoms with van der Waals surface area (Å²) in [5.41, 5.74) is 0. The predicted molar refractivity (Wildman–Crippen MR) is 31.6 cm³/mol. The van der Waals surface area contributed by atoms with Crippen LogP contribution in [0.3, 0.4) is 0 Å². The molecule has 0 saturated heterocycles. The largest absolute Gasteiger partial charge is 1.00 e. The van der Waals surface area contributed by atoms with Crippen molar-refractivity contribution in [3.63, 3.8) is 0 Å². The summed E-state index contributed by atoms with van der Waals surface area (Å²) in [4.78, 5) is 21.6. The topological polar surface area (TPSA) is 183 Å². The molecule has 0 heterocycles. The van der Waals surface area contributed by atoms with E-state index in [4.69, 9.17) is 19.2 Å². The van der Waals surface area contributed by atoms with Crippen molar-refractivity contribution in [2.75, 3.05) is 0 Å². The zero-order valence-corrected chi connectivity index (χ0v) is 5.21. The van der Waals surface area contributed by atoms with E-state index in [2.05, 4.69) is 0 Å². The highest BCUT2D eigenvalue weighted by molar-refractivity contribution is 7.45. The fraction of sp³-hybridized carbons (Fsp3) is 0. The smallest absolute Gasteiger partial charge is 0.344 e. The van der Waals surface area contributed by atoms with Crippen LogP contribution in [0.2, 0.25) is 0 Å². The van der Waals surface area contributed by atoms with Crippen LogP contribution in [0.25, 0.3) is 0 Å². The van der Waals surface area contributed by atoms with Gasteiger partial charge in [0.15, 0.2) is 0 Å². The molecule has 8 heteroatoms. The first-order valence-corrected chi connectivity index (χ1v) is 2.35. The minimum atomic E-state index is -4.64. The van der Waals surface area contributed by atoms with Crippen molar-refractivity contribution in [3.8, 4) is 0 Å². The summed E-state index contributed by atoms with van der Waals surface area (Å²) < 4.78 is 8.88. The van der Waals surface area contributed by atoms with Gasteiger partial charge in [0.1, 0.15) is 0 Å². The van der Waals surface area contributed by atoms with Gasteiger partial charge in [0.25, 0.3) is 0 Å². The van der Waals surface area contributed by atoms with Crippen LogP contribution >= 0.6 is 7.82 Å². The molecule has 0 radical (unpaired) electrons. The molecule has 0 amide bonds. The zero-order valence-electron chi connectivity index (χ0n) is 6.32. The first-order valence-electron chi connectivity index (χ1n) is 0.783. The summed E-state index contributed by atoms with van der Waals surface area (Å²) in [7, 11) is -4.64. The molecule has 0 aromatic carbocycles. The van der Waals surface area contributed by atoms with Crippen molar-refractivity contribution >= 4 is 7.82 Å². The molecule has 0 aliphatic carbocycles. The van der Waals surface area contributed by atoms with E-state index in [1.165, 1.54) is 0 Å². The molecule has 0 aromatic heterocycles. The minimum Gasteiger partial charge on any atom is -0.344 e. The predicted octanol–water partition coefficient (Wildman–Crippen LogP) is -0.218. The summed E-state index contributed by atoms with van der Waals surface area (Å²) in [6.07, 6.45) is 0. The number of rotatable bonds is 0. The van der Waals surface area contributed by atoms with Crippen molar-refractivity contribution in [2.45, 2.75) is 0 Å². The third-order valence-corrected chi connectivity index (χ3v) is 0. The van der Waals surface area contributed by atoms with Crippen LogP contribution in [0.1, 0.15) is 2.85 Å². The van der Waals surface area contributed by atoms with Crippen LogP contribution in [0.15, 0.2) is 0 Å². The molecule has 0 spiro atoms.